The average Bonchev–Trinajstić information content (AvgIpc) is 2.84. The first kappa shape index (κ1) is 24.2. The maximum absolute atomic E-state index is 11.9. The van der Waals surface area contributed by atoms with Crippen molar-refractivity contribution >= 4 is 18.5 Å². The third-order valence-electron chi connectivity index (χ3n) is 4.26. The van der Waals surface area contributed by atoms with Crippen LogP contribution in [0.25, 0.3) is 0 Å². The second-order valence-electron chi connectivity index (χ2n) is 9.03. The van der Waals surface area contributed by atoms with Gasteiger partial charge in [0.1, 0.15) is 12.1 Å². The minimum atomic E-state index is -0.537. The highest BCUT2D eigenvalue weighted by molar-refractivity contribution is 5.82. The van der Waals surface area contributed by atoms with Crippen LogP contribution in [0.3, 0.4) is 0 Å². The zero-order chi connectivity index (χ0) is 20.7. The number of likely N-dealkylation sites (tertiary alicyclic amines) is 1. The van der Waals surface area contributed by atoms with Gasteiger partial charge in [0.15, 0.2) is 0 Å². The van der Waals surface area contributed by atoms with Crippen LogP contribution in [0, 0.1) is 23.2 Å². The number of ether oxygens (including phenoxy) is 1. The SMILES string of the molecule is CC(C)(C)OC(=O)NCC(=O)N1CC2C(C1)C2(C)C.CC(C)C.O=CO. The summed E-state index contributed by atoms with van der Waals surface area (Å²) in [5.74, 6) is 2.09. The minimum absolute atomic E-state index is 0.0196. The van der Waals surface area contributed by atoms with E-state index in [2.05, 4.69) is 39.9 Å². The first-order chi connectivity index (χ1) is 11.8. The summed E-state index contributed by atoms with van der Waals surface area (Å²) in [5, 5.41) is 9.40. The quantitative estimate of drug-likeness (QED) is 0.727. The molecule has 2 rings (SSSR count). The monoisotopic (exact) mass is 372 g/mol. The van der Waals surface area contributed by atoms with Crippen molar-refractivity contribution in [3.8, 4) is 0 Å². The summed E-state index contributed by atoms with van der Waals surface area (Å²) in [7, 11) is 0. The Morgan fingerprint density at radius 1 is 1.23 bits per heavy atom. The summed E-state index contributed by atoms with van der Waals surface area (Å²) in [6.07, 6.45) is -0.537. The Kier molecular flexibility index (Phi) is 9.11. The van der Waals surface area contributed by atoms with Crippen LogP contribution < -0.4 is 5.32 Å². The van der Waals surface area contributed by atoms with Crippen molar-refractivity contribution in [1.29, 1.82) is 0 Å². The van der Waals surface area contributed by atoms with Gasteiger partial charge >= 0.3 is 6.09 Å². The number of nitrogens with zero attached hydrogens (tertiary/aromatic N) is 1. The number of rotatable bonds is 2. The van der Waals surface area contributed by atoms with Gasteiger partial charge < -0.3 is 20.1 Å². The van der Waals surface area contributed by atoms with Crippen molar-refractivity contribution in [2.75, 3.05) is 19.6 Å². The van der Waals surface area contributed by atoms with Gasteiger partial charge in [0.25, 0.3) is 6.47 Å². The van der Waals surface area contributed by atoms with Gasteiger partial charge in [0.05, 0.1) is 0 Å². The lowest BCUT2D eigenvalue weighted by Crippen LogP contribution is -2.42. The molecule has 1 heterocycles. The van der Waals surface area contributed by atoms with Gasteiger partial charge in [-0.15, -0.1) is 0 Å². The van der Waals surface area contributed by atoms with Gasteiger partial charge in [0, 0.05) is 13.1 Å². The fourth-order valence-corrected chi connectivity index (χ4v) is 2.91. The molecule has 0 aromatic carbocycles. The van der Waals surface area contributed by atoms with E-state index in [1.165, 1.54) is 0 Å². The summed E-state index contributed by atoms with van der Waals surface area (Å²) in [5.41, 5.74) is -0.137. The third kappa shape index (κ3) is 8.54. The first-order valence-electron chi connectivity index (χ1n) is 9.08. The molecule has 2 unspecified atom stereocenters. The van der Waals surface area contributed by atoms with E-state index in [0.29, 0.717) is 17.3 Å². The average molecular weight is 373 g/mol. The van der Waals surface area contributed by atoms with Gasteiger partial charge in [-0.3, -0.25) is 9.59 Å². The van der Waals surface area contributed by atoms with E-state index in [4.69, 9.17) is 14.6 Å². The van der Waals surface area contributed by atoms with Crippen LogP contribution in [0.1, 0.15) is 55.4 Å². The van der Waals surface area contributed by atoms with E-state index in [1.807, 2.05) is 4.90 Å². The Morgan fingerprint density at radius 2 is 1.62 bits per heavy atom. The molecule has 2 aliphatic rings. The normalized spacial score (nSPS) is 22.1. The second-order valence-corrected chi connectivity index (χ2v) is 9.03. The summed E-state index contributed by atoms with van der Waals surface area (Å²) in [6, 6.07) is 0. The van der Waals surface area contributed by atoms with Gasteiger partial charge in [-0.05, 0) is 43.9 Å². The molecule has 0 radical (unpaired) electrons. The molecule has 1 saturated carbocycles. The van der Waals surface area contributed by atoms with Crippen LogP contribution in [0.4, 0.5) is 4.79 Å². The molecule has 0 spiro atoms. The van der Waals surface area contributed by atoms with Gasteiger partial charge in [0.2, 0.25) is 5.91 Å². The van der Waals surface area contributed by atoms with Crippen LogP contribution in [0.5, 0.6) is 0 Å². The molecular weight excluding hydrogens is 336 g/mol. The highest BCUT2D eigenvalue weighted by atomic mass is 16.6. The molecule has 26 heavy (non-hydrogen) atoms. The second kappa shape index (κ2) is 9.78. The number of alkyl carbamates (subject to hydrolysis) is 1. The predicted octanol–water partition coefficient (Wildman–Crippen LogP) is 2.99. The van der Waals surface area contributed by atoms with Crippen LogP contribution in [0.2, 0.25) is 0 Å². The fraction of sp³-hybridized carbons (Fsp3) is 0.842. The van der Waals surface area contributed by atoms with Crippen molar-refractivity contribution in [3.05, 3.63) is 0 Å². The van der Waals surface area contributed by atoms with E-state index in [0.717, 1.165) is 19.0 Å². The molecular formula is C19H36N2O5. The van der Waals surface area contributed by atoms with Crippen LogP contribution in [-0.4, -0.2) is 53.7 Å². The first-order valence-corrected chi connectivity index (χ1v) is 9.08. The molecule has 7 nitrogen and oxygen atoms in total. The van der Waals surface area contributed by atoms with Crippen molar-refractivity contribution in [3.63, 3.8) is 0 Å². The van der Waals surface area contributed by atoms with Crippen LogP contribution in [0.15, 0.2) is 0 Å². The van der Waals surface area contributed by atoms with Crippen LogP contribution >= 0.6 is 0 Å². The number of carboxylic acid groups (broad SMARTS) is 1. The molecule has 2 N–H and O–H groups in total. The van der Waals surface area contributed by atoms with E-state index in [-0.39, 0.29) is 18.9 Å². The molecule has 2 amide bonds. The summed E-state index contributed by atoms with van der Waals surface area (Å²) < 4.78 is 5.09. The Labute approximate surface area is 157 Å². The molecule has 1 aliphatic heterocycles. The molecule has 1 saturated heterocycles. The number of hydrogen-bond donors (Lipinski definition) is 2. The van der Waals surface area contributed by atoms with Gasteiger partial charge in [-0.25, -0.2) is 4.79 Å². The zero-order valence-corrected chi connectivity index (χ0v) is 17.5. The standard InChI is InChI=1S/C14H24N2O3.C4H10.CH2O2/c1-13(2,3)19-12(18)15-6-11(17)16-7-9-10(8-16)14(9,4)5;1-4(2)3;2-1-3/h9-10H,6-8H2,1-5H3,(H,15,18);4H,1-3H3;1H,(H,2,3). The number of hydrogen-bond acceptors (Lipinski definition) is 4. The van der Waals surface area contributed by atoms with Crippen LogP contribution in [-0.2, 0) is 14.3 Å². The molecule has 152 valence electrons. The smallest absolute Gasteiger partial charge is 0.408 e. The van der Waals surface area contributed by atoms with E-state index >= 15 is 0 Å². The van der Waals surface area contributed by atoms with Crippen molar-refractivity contribution in [2.45, 2.75) is 61.0 Å². The van der Waals surface area contributed by atoms with Crippen molar-refractivity contribution < 1.29 is 24.2 Å². The number of fused-ring (bicyclic) bond motifs is 1. The summed E-state index contributed by atoms with van der Waals surface area (Å²) >= 11 is 0. The molecule has 2 fully saturated rings. The lowest BCUT2D eigenvalue weighted by atomic mass is 10.1. The Morgan fingerprint density at radius 3 is 1.96 bits per heavy atom. The van der Waals surface area contributed by atoms with E-state index in [9.17, 15) is 9.59 Å². The Bertz CT molecular complexity index is 466. The summed E-state index contributed by atoms with van der Waals surface area (Å²) in [6.45, 7) is 17.8. The van der Waals surface area contributed by atoms with E-state index < -0.39 is 11.7 Å². The highest BCUT2D eigenvalue weighted by Gasteiger charge is 2.62. The Balaban J connectivity index is 0.000000770. The largest absolute Gasteiger partial charge is 0.483 e. The maximum Gasteiger partial charge on any atom is 0.408 e. The summed E-state index contributed by atoms with van der Waals surface area (Å²) in [4.78, 5) is 33.6. The maximum atomic E-state index is 11.9. The predicted molar refractivity (Wildman–Crippen MR) is 101 cm³/mol. The van der Waals surface area contributed by atoms with Gasteiger partial charge in [-0.2, -0.15) is 0 Å². The topological polar surface area (TPSA) is 95.9 Å². The van der Waals surface area contributed by atoms with E-state index in [1.54, 1.807) is 20.8 Å². The third-order valence-corrected chi connectivity index (χ3v) is 4.26. The van der Waals surface area contributed by atoms with Crippen molar-refractivity contribution in [2.24, 2.45) is 23.2 Å². The number of nitrogens with one attached hydrogen (secondary N) is 1. The molecule has 0 bridgehead atoms. The molecule has 7 heteroatoms. The zero-order valence-electron chi connectivity index (χ0n) is 17.5. The molecule has 2 atom stereocenters. The Hall–Kier alpha value is -1.79. The van der Waals surface area contributed by atoms with Gasteiger partial charge in [-0.1, -0.05) is 34.6 Å². The number of carbonyl (C=O) groups is 3. The minimum Gasteiger partial charge on any atom is -0.483 e. The molecule has 0 aromatic rings. The lowest BCUT2D eigenvalue weighted by Gasteiger charge is -2.23. The molecule has 0 aromatic heterocycles. The number of piperidine rings is 1. The number of carbonyl (C=O) groups excluding carboxylic acids is 2. The fourth-order valence-electron chi connectivity index (χ4n) is 2.91. The lowest BCUT2D eigenvalue weighted by molar-refractivity contribution is -0.130. The number of amides is 2. The molecule has 1 aliphatic carbocycles. The highest BCUT2D eigenvalue weighted by Crippen LogP contribution is 2.61. The van der Waals surface area contributed by atoms with Crippen molar-refractivity contribution in [1.82, 2.24) is 10.2 Å².